The number of rotatable bonds is 8. The lowest BCUT2D eigenvalue weighted by Gasteiger charge is -2.21. The second-order valence-corrected chi connectivity index (χ2v) is 5.52. The minimum atomic E-state index is 0. The number of halogens is 1. The first-order valence-electron chi connectivity index (χ1n) is 8.09. The van der Waals surface area contributed by atoms with E-state index in [9.17, 15) is 0 Å². The average molecular weight is 432 g/mol. The summed E-state index contributed by atoms with van der Waals surface area (Å²) in [6.45, 7) is 6.03. The van der Waals surface area contributed by atoms with Crippen LogP contribution in [-0.4, -0.2) is 50.7 Å². The molecule has 0 bridgehead atoms. The summed E-state index contributed by atoms with van der Waals surface area (Å²) < 4.78 is 5.36. The molecule has 1 aliphatic rings. The maximum Gasteiger partial charge on any atom is 0.191 e. The molecule has 5 nitrogen and oxygen atoms in total. The highest BCUT2D eigenvalue weighted by molar-refractivity contribution is 14.0. The Morgan fingerprint density at radius 3 is 2.65 bits per heavy atom. The first kappa shape index (κ1) is 20.0. The predicted octanol–water partition coefficient (Wildman–Crippen LogP) is 2.46. The zero-order chi connectivity index (χ0) is 15.8. The van der Waals surface area contributed by atoms with Crippen molar-refractivity contribution in [3.05, 3.63) is 29.8 Å². The summed E-state index contributed by atoms with van der Waals surface area (Å²) in [5.74, 6) is 1.73. The highest BCUT2D eigenvalue weighted by Crippen LogP contribution is 2.25. The Morgan fingerprint density at radius 2 is 2.04 bits per heavy atom. The van der Waals surface area contributed by atoms with Gasteiger partial charge in [0.15, 0.2) is 5.96 Å². The van der Waals surface area contributed by atoms with Crippen LogP contribution in [0.1, 0.15) is 25.3 Å². The molecule has 0 saturated heterocycles. The van der Waals surface area contributed by atoms with Crippen molar-refractivity contribution in [2.45, 2.75) is 32.4 Å². The SMILES string of the molecule is CCN(CCNC(=NC)NCc1ccccc1OC)C1CC1.I. The number of nitrogens with one attached hydrogen (secondary N) is 2. The molecule has 2 N–H and O–H groups in total. The molecule has 130 valence electrons. The van der Waals surface area contributed by atoms with Crippen LogP contribution in [0.25, 0.3) is 0 Å². The summed E-state index contributed by atoms with van der Waals surface area (Å²) >= 11 is 0. The maximum atomic E-state index is 5.36. The third-order valence-electron chi connectivity index (χ3n) is 4.02. The number of guanidine groups is 1. The topological polar surface area (TPSA) is 48.9 Å². The number of para-hydroxylation sites is 1. The number of aliphatic imine (C=N–C) groups is 1. The Hall–Kier alpha value is -1.02. The molecule has 0 unspecified atom stereocenters. The molecule has 0 spiro atoms. The summed E-state index contributed by atoms with van der Waals surface area (Å²) in [5, 5.41) is 6.72. The van der Waals surface area contributed by atoms with Gasteiger partial charge in [0, 0.05) is 38.3 Å². The van der Waals surface area contributed by atoms with E-state index in [4.69, 9.17) is 4.74 Å². The zero-order valence-electron chi connectivity index (χ0n) is 14.3. The van der Waals surface area contributed by atoms with E-state index in [-0.39, 0.29) is 24.0 Å². The van der Waals surface area contributed by atoms with Crippen molar-refractivity contribution in [2.24, 2.45) is 4.99 Å². The molecule has 6 heteroatoms. The van der Waals surface area contributed by atoms with Gasteiger partial charge in [-0.05, 0) is 25.5 Å². The summed E-state index contributed by atoms with van der Waals surface area (Å²) in [6.07, 6.45) is 2.71. The van der Waals surface area contributed by atoms with Crippen LogP contribution >= 0.6 is 24.0 Å². The van der Waals surface area contributed by atoms with E-state index < -0.39 is 0 Å². The number of methoxy groups -OCH3 is 1. The number of benzene rings is 1. The number of nitrogens with zero attached hydrogens (tertiary/aromatic N) is 2. The van der Waals surface area contributed by atoms with Crippen molar-refractivity contribution < 1.29 is 4.74 Å². The van der Waals surface area contributed by atoms with Gasteiger partial charge < -0.3 is 15.4 Å². The molecule has 0 radical (unpaired) electrons. The first-order chi connectivity index (χ1) is 10.8. The van der Waals surface area contributed by atoms with E-state index in [1.54, 1.807) is 14.2 Å². The molecule has 0 aromatic heterocycles. The van der Waals surface area contributed by atoms with Gasteiger partial charge in [0.05, 0.1) is 7.11 Å². The van der Waals surface area contributed by atoms with Crippen molar-refractivity contribution in [3.8, 4) is 5.75 Å². The quantitative estimate of drug-likeness (QED) is 0.377. The van der Waals surface area contributed by atoms with E-state index in [1.807, 2.05) is 18.2 Å². The van der Waals surface area contributed by atoms with Gasteiger partial charge in [-0.15, -0.1) is 24.0 Å². The summed E-state index contributed by atoms with van der Waals surface area (Å²) in [7, 11) is 3.50. The van der Waals surface area contributed by atoms with Crippen molar-refractivity contribution in [2.75, 3.05) is 33.8 Å². The third-order valence-corrected chi connectivity index (χ3v) is 4.02. The number of likely N-dealkylation sites (N-methyl/N-ethyl adjacent to an activating group) is 1. The van der Waals surface area contributed by atoms with Crippen LogP contribution in [0.5, 0.6) is 5.75 Å². The predicted molar refractivity (Wildman–Crippen MR) is 107 cm³/mol. The fraction of sp³-hybridized carbons (Fsp3) is 0.588. The Bertz CT molecular complexity index is 491. The molecule has 1 aromatic carbocycles. The third kappa shape index (κ3) is 6.55. The van der Waals surface area contributed by atoms with Crippen LogP contribution in [0.4, 0.5) is 0 Å². The highest BCUT2D eigenvalue weighted by Gasteiger charge is 2.27. The van der Waals surface area contributed by atoms with Gasteiger partial charge in [-0.1, -0.05) is 25.1 Å². The Kier molecular flexibility index (Phi) is 9.31. The van der Waals surface area contributed by atoms with Crippen LogP contribution < -0.4 is 15.4 Å². The van der Waals surface area contributed by atoms with Crippen molar-refractivity contribution in [1.82, 2.24) is 15.5 Å². The van der Waals surface area contributed by atoms with Crippen molar-refractivity contribution in [1.29, 1.82) is 0 Å². The van der Waals surface area contributed by atoms with Crippen LogP contribution in [0.3, 0.4) is 0 Å². The van der Waals surface area contributed by atoms with Gasteiger partial charge in [0.1, 0.15) is 5.75 Å². The lowest BCUT2D eigenvalue weighted by atomic mass is 10.2. The fourth-order valence-corrected chi connectivity index (χ4v) is 2.61. The molecular formula is C17H29IN4O. The summed E-state index contributed by atoms with van der Waals surface area (Å²) in [4.78, 5) is 6.81. The smallest absolute Gasteiger partial charge is 0.191 e. The van der Waals surface area contributed by atoms with Crippen LogP contribution in [0, 0.1) is 0 Å². The molecule has 0 aliphatic heterocycles. The molecule has 1 fully saturated rings. The fourth-order valence-electron chi connectivity index (χ4n) is 2.61. The second kappa shape index (κ2) is 10.7. The molecule has 0 atom stereocenters. The molecule has 23 heavy (non-hydrogen) atoms. The summed E-state index contributed by atoms with van der Waals surface area (Å²) in [5.41, 5.74) is 1.13. The van der Waals surface area contributed by atoms with Crippen LogP contribution in [0.15, 0.2) is 29.3 Å². The second-order valence-electron chi connectivity index (χ2n) is 5.52. The van der Waals surface area contributed by atoms with Gasteiger partial charge in [-0.2, -0.15) is 0 Å². The maximum absolute atomic E-state index is 5.36. The monoisotopic (exact) mass is 432 g/mol. The van der Waals surface area contributed by atoms with Gasteiger partial charge in [-0.25, -0.2) is 0 Å². The molecule has 1 aromatic rings. The first-order valence-corrected chi connectivity index (χ1v) is 8.09. The van der Waals surface area contributed by atoms with E-state index in [0.29, 0.717) is 6.54 Å². The van der Waals surface area contributed by atoms with Gasteiger partial charge in [0.25, 0.3) is 0 Å². The average Bonchev–Trinajstić information content (AvgIpc) is 3.39. The molecule has 0 amide bonds. The van der Waals surface area contributed by atoms with Crippen LogP contribution in [-0.2, 0) is 6.54 Å². The molecule has 1 saturated carbocycles. The number of hydrogen-bond acceptors (Lipinski definition) is 3. The molecule has 0 heterocycles. The minimum Gasteiger partial charge on any atom is -0.496 e. The Labute approximate surface area is 156 Å². The molecule has 2 rings (SSSR count). The lowest BCUT2D eigenvalue weighted by molar-refractivity contribution is 0.282. The minimum absolute atomic E-state index is 0. The number of hydrogen-bond donors (Lipinski definition) is 2. The van der Waals surface area contributed by atoms with Gasteiger partial charge in [-0.3, -0.25) is 9.89 Å². The van der Waals surface area contributed by atoms with Gasteiger partial charge in [0.2, 0.25) is 0 Å². The van der Waals surface area contributed by atoms with E-state index in [0.717, 1.165) is 42.9 Å². The van der Waals surface area contributed by atoms with Crippen molar-refractivity contribution in [3.63, 3.8) is 0 Å². The van der Waals surface area contributed by atoms with Crippen molar-refractivity contribution >= 4 is 29.9 Å². The molecular weight excluding hydrogens is 403 g/mol. The Balaban J connectivity index is 0.00000264. The normalized spacial score (nSPS) is 14.3. The highest BCUT2D eigenvalue weighted by atomic mass is 127. The van der Waals surface area contributed by atoms with E-state index >= 15 is 0 Å². The largest absolute Gasteiger partial charge is 0.496 e. The standard InChI is InChI=1S/C17H28N4O.HI/c1-4-21(15-9-10-15)12-11-19-17(18-2)20-13-14-7-5-6-8-16(14)22-3;/h5-8,15H,4,9-13H2,1-3H3,(H2,18,19,20);1H. The van der Waals surface area contributed by atoms with Crippen LogP contribution in [0.2, 0.25) is 0 Å². The molecule has 1 aliphatic carbocycles. The Morgan fingerprint density at radius 1 is 1.30 bits per heavy atom. The van der Waals surface area contributed by atoms with E-state index in [2.05, 4.69) is 33.5 Å². The zero-order valence-corrected chi connectivity index (χ0v) is 16.7. The summed E-state index contributed by atoms with van der Waals surface area (Å²) in [6, 6.07) is 8.85. The van der Waals surface area contributed by atoms with Gasteiger partial charge >= 0.3 is 0 Å². The lowest BCUT2D eigenvalue weighted by Crippen LogP contribution is -2.41. The number of ether oxygens (including phenoxy) is 1. The van der Waals surface area contributed by atoms with E-state index in [1.165, 1.54) is 12.8 Å².